The predicted molar refractivity (Wildman–Crippen MR) is 144 cm³/mol. The number of nitrogens with zero attached hydrogens (tertiary/aromatic N) is 4. The van der Waals surface area contributed by atoms with Crippen LogP contribution in [0.5, 0.6) is 11.5 Å². The number of pyridine rings is 1. The molecule has 0 unspecified atom stereocenters. The minimum atomic E-state index is -0.269. The third kappa shape index (κ3) is 7.28. The van der Waals surface area contributed by atoms with Crippen molar-refractivity contribution in [2.45, 2.75) is 19.6 Å². The van der Waals surface area contributed by atoms with Crippen molar-refractivity contribution in [2.75, 3.05) is 32.5 Å². The van der Waals surface area contributed by atoms with E-state index < -0.39 is 0 Å². The number of hydrogen-bond donors (Lipinski definition) is 2. The van der Waals surface area contributed by atoms with Gasteiger partial charge in [-0.05, 0) is 63.5 Å². The first-order chi connectivity index (χ1) is 17.9. The van der Waals surface area contributed by atoms with Gasteiger partial charge in [-0.1, -0.05) is 23.7 Å². The van der Waals surface area contributed by atoms with Crippen LogP contribution in [0, 0.1) is 0 Å². The quantitative estimate of drug-likeness (QED) is 0.299. The van der Waals surface area contributed by atoms with Gasteiger partial charge in [0, 0.05) is 11.9 Å². The molecule has 0 spiro atoms. The van der Waals surface area contributed by atoms with Gasteiger partial charge in [-0.15, -0.1) is 0 Å². The van der Waals surface area contributed by atoms with Crippen molar-refractivity contribution in [1.82, 2.24) is 25.2 Å². The highest BCUT2D eigenvalue weighted by Gasteiger charge is 2.15. The van der Waals surface area contributed by atoms with Gasteiger partial charge in [0.25, 0.3) is 0 Å². The molecular weight excluding hydrogens is 492 g/mol. The SMILES string of the molecule is C[C@@H](CNC(=O)CN(C)C)Oc1cccc2ncnc(Nc3ccc(OCc4ccccn4)c(Cl)c3)c12. The number of ether oxygens (including phenoxy) is 2. The Morgan fingerprint density at radius 2 is 1.92 bits per heavy atom. The van der Waals surface area contributed by atoms with E-state index >= 15 is 0 Å². The molecule has 0 aliphatic heterocycles. The molecule has 1 amide bonds. The first-order valence-corrected chi connectivity index (χ1v) is 12.2. The van der Waals surface area contributed by atoms with Crippen molar-refractivity contribution in [3.63, 3.8) is 0 Å². The summed E-state index contributed by atoms with van der Waals surface area (Å²) < 4.78 is 12.0. The number of rotatable bonds is 11. The van der Waals surface area contributed by atoms with Crippen LogP contribution in [0.25, 0.3) is 10.9 Å². The predicted octanol–water partition coefficient (Wildman–Crippen LogP) is 4.45. The molecule has 0 radical (unpaired) electrons. The molecule has 37 heavy (non-hydrogen) atoms. The zero-order chi connectivity index (χ0) is 26.2. The van der Waals surface area contributed by atoms with Crippen LogP contribution in [0.15, 0.2) is 67.1 Å². The molecule has 0 aliphatic carbocycles. The van der Waals surface area contributed by atoms with Crippen molar-refractivity contribution >= 4 is 39.9 Å². The van der Waals surface area contributed by atoms with E-state index in [2.05, 4.69) is 25.6 Å². The summed E-state index contributed by atoms with van der Waals surface area (Å²) >= 11 is 6.49. The smallest absolute Gasteiger partial charge is 0.234 e. The van der Waals surface area contributed by atoms with Gasteiger partial charge >= 0.3 is 0 Å². The number of halogens is 1. The number of carbonyl (C=O) groups excluding carboxylic acids is 1. The molecule has 0 saturated heterocycles. The second-order valence-corrected chi connectivity index (χ2v) is 9.13. The normalized spacial score (nSPS) is 11.8. The average molecular weight is 521 g/mol. The van der Waals surface area contributed by atoms with Crippen LogP contribution in [0.4, 0.5) is 11.5 Å². The standard InChI is InChI=1S/C27H29ClN6O3/c1-18(14-30-25(35)15-34(2)3)37-24-9-6-8-22-26(24)27(32-17-31-22)33-19-10-11-23(21(28)13-19)36-16-20-7-4-5-12-29-20/h4-13,17-18H,14-16H2,1-3H3,(H,30,35)(H,31,32,33)/t18-/m0/s1. The van der Waals surface area contributed by atoms with Gasteiger partial charge in [-0.2, -0.15) is 0 Å². The second kappa shape index (κ2) is 12.3. The second-order valence-electron chi connectivity index (χ2n) is 8.72. The summed E-state index contributed by atoms with van der Waals surface area (Å²) in [6, 6.07) is 16.7. The molecule has 0 bridgehead atoms. The topological polar surface area (TPSA) is 102 Å². The van der Waals surface area contributed by atoms with Crippen LogP contribution in [0.2, 0.25) is 5.02 Å². The third-order valence-electron chi connectivity index (χ3n) is 5.30. The fourth-order valence-electron chi connectivity index (χ4n) is 3.60. The number of carbonyl (C=O) groups is 1. The number of amides is 1. The van der Waals surface area contributed by atoms with Crippen LogP contribution >= 0.6 is 11.6 Å². The monoisotopic (exact) mass is 520 g/mol. The van der Waals surface area contributed by atoms with Gasteiger partial charge in [-0.25, -0.2) is 9.97 Å². The molecule has 0 fully saturated rings. The van der Waals surface area contributed by atoms with Gasteiger partial charge in [-0.3, -0.25) is 9.78 Å². The van der Waals surface area contributed by atoms with Crippen LogP contribution in [-0.4, -0.2) is 59.0 Å². The molecule has 0 saturated carbocycles. The molecule has 4 aromatic rings. The Balaban J connectivity index is 1.48. The molecule has 1 atom stereocenters. The fraction of sp³-hybridized carbons (Fsp3) is 0.259. The Morgan fingerprint density at radius 1 is 1.05 bits per heavy atom. The lowest BCUT2D eigenvalue weighted by molar-refractivity contribution is -0.122. The average Bonchev–Trinajstić information content (AvgIpc) is 2.87. The summed E-state index contributed by atoms with van der Waals surface area (Å²) in [6.07, 6.45) is 2.94. The Kier molecular flexibility index (Phi) is 8.71. The molecule has 9 nitrogen and oxygen atoms in total. The number of benzene rings is 2. The maximum atomic E-state index is 12.0. The molecule has 2 N–H and O–H groups in total. The summed E-state index contributed by atoms with van der Waals surface area (Å²) in [6.45, 7) is 2.90. The maximum Gasteiger partial charge on any atom is 0.234 e. The van der Waals surface area contributed by atoms with Gasteiger partial charge in [0.05, 0.1) is 34.7 Å². The van der Waals surface area contributed by atoms with Crippen molar-refractivity contribution in [3.05, 3.63) is 77.8 Å². The van der Waals surface area contributed by atoms with Crippen LogP contribution < -0.4 is 20.1 Å². The van der Waals surface area contributed by atoms with E-state index in [-0.39, 0.29) is 12.0 Å². The van der Waals surface area contributed by atoms with Crippen molar-refractivity contribution in [3.8, 4) is 11.5 Å². The zero-order valence-electron chi connectivity index (χ0n) is 20.9. The Hall–Kier alpha value is -3.95. The lowest BCUT2D eigenvalue weighted by atomic mass is 10.2. The highest BCUT2D eigenvalue weighted by molar-refractivity contribution is 6.32. The molecule has 2 heterocycles. The minimum Gasteiger partial charge on any atom is -0.488 e. The summed E-state index contributed by atoms with van der Waals surface area (Å²) in [5, 5.41) is 7.38. The number of aromatic nitrogens is 3. The van der Waals surface area contributed by atoms with Gasteiger partial charge in [0.1, 0.15) is 36.4 Å². The van der Waals surface area contributed by atoms with Crippen LogP contribution in [0.1, 0.15) is 12.6 Å². The molecule has 10 heteroatoms. The Labute approximate surface area is 220 Å². The van der Waals surface area contributed by atoms with Gasteiger partial charge in [0.2, 0.25) is 5.91 Å². The lowest BCUT2D eigenvalue weighted by Gasteiger charge is -2.19. The number of nitrogens with one attached hydrogen (secondary N) is 2. The van der Waals surface area contributed by atoms with Crippen molar-refractivity contribution in [1.29, 1.82) is 0 Å². The molecule has 2 aromatic heterocycles. The van der Waals surface area contributed by atoms with Crippen molar-refractivity contribution in [2.24, 2.45) is 0 Å². The highest BCUT2D eigenvalue weighted by Crippen LogP contribution is 2.34. The zero-order valence-corrected chi connectivity index (χ0v) is 21.7. The number of likely N-dealkylation sites (N-methyl/N-ethyl adjacent to an activating group) is 1. The van der Waals surface area contributed by atoms with E-state index in [9.17, 15) is 4.79 Å². The maximum absolute atomic E-state index is 12.0. The summed E-state index contributed by atoms with van der Waals surface area (Å²) in [4.78, 5) is 26.9. The number of hydrogen-bond acceptors (Lipinski definition) is 8. The lowest BCUT2D eigenvalue weighted by Crippen LogP contribution is -2.38. The number of fused-ring (bicyclic) bond motifs is 1. The largest absolute Gasteiger partial charge is 0.488 e. The van der Waals surface area contributed by atoms with Crippen LogP contribution in [-0.2, 0) is 11.4 Å². The summed E-state index contributed by atoms with van der Waals surface area (Å²) in [5.41, 5.74) is 2.27. The first kappa shape index (κ1) is 26.1. The first-order valence-electron chi connectivity index (χ1n) is 11.8. The summed E-state index contributed by atoms with van der Waals surface area (Å²) in [5.74, 6) is 1.67. The number of anilines is 2. The summed E-state index contributed by atoms with van der Waals surface area (Å²) in [7, 11) is 3.69. The molecular formula is C27H29ClN6O3. The van der Waals surface area contributed by atoms with E-state index in [0.717, 1.165) is 22.3 Å². The minimum absolute atomic E-state index is 0.0617. The van der Waals surface area contributed by atoms with E-state index in [1.54, 1.807) is 18.3 Å². The fourth-order valence-corrected chi connectivity index (χ4v) is 3.83. The van der Waals surface area contributed by atoms with Crippen LogP contribution in [0.3, 0.4) is 0 Å². The van der Waals surface area contributed by atoms with E-state index in [0.29, 0.717) is 42.0 Å². The van der Waals surface area contributed by atoms with Gasteiger partial charge in [0.15, 0.2) is 0 Å². The highest BCUT2D eigenvalue weighted by atomic mass is 35.5. The van der Waals surface area contributed by atoms with E-state index in [1.807, 2.05) is 68.4 Å². The molecule has 2 aromatic carbocycles. The molecule has 0 aliphatic rings. The third-order valence-corrected chi connectivity index (χ3v) is 5.59. The Morgan fingerprint density at radius 3 is 2.68 bits per heavy atom. The van der Waals surface area contributed by atoms with E-state index in [1.165, 1.54) is 6.33 Å². The Bertz CT molecular complexity index is 1350. The van der Waals surface area contributed by atoms with Crippen molar-refractivity contribution < 1.29 is 14.3 Å². The molecule has 4 rings (SSSR count). The molecule has 192 valence electrons. The van der Waals surface area contributed by atoms with E-state index in [4.69, 9.17) is 21.1 Å². The van der Waals surface area contributed by atoms with Gasteiger partial charge < -0.3 is 25.0 Å².